The number of aromatic hydroxyl groups is 1. The molecule has 2 aromatic rings. The molecule has 0 bridgehead atoms. The minimum Gasteiger partial charge on any atom is -0.593 e. The lowest BCUT2D eigenvalue weighted by Gasteiger charge is -2.25. The van der Waals surface area contributed by atoms with Gasteiger partial charge in [-0.25, -0.2) is 0 Å². The summed E-state index contributed by atoms with van der Waals surface area (Å²) in [5, 5.41) is 16.8. The molecule has 0 atom stereocenters. The molecule has 0 aliphatic carbocycles. The van der Waals surface area contributed by atoms with E-state index in [1.165, 1.54) is 5.56 Å². The van der Waals surface area contributed by atoms with Gasteiger partial charge in [-0.2, -0.15) is 0 Å². The second-order valence-corrected chi connectivity index (χ2v) is 4.75. The number of hydrogen-bond acceptors (Lipinski definition) is 1. The Labute approximate surface area is 101 Å². The first-order valence-electron chi connectivity index (χ1n) is 5.62. The molecule has 0 saturated heterocycles. The van der Waals surface area contributed by atoms with Gasteiger partial charge in [0.2, 0.25) is 0 Å². The molecule has 0 spiro atoms. The molecule has 0 heterocycles. The maximum absolute atomic E-state index is 9.30. The van der Waals surface area contributed by atoms with Crippen molar-refractivity contribution in [3.63, 3.8) is 0 Å². The van der Waals surface area contributed by atoms with Gasteiger partial charge in [0.15, 0.2) is 0 Å². The van der Waals surface area contributed by atoms with Crippen molar-refractivity contribution in [1.82, 2.24) is 0 Å². The third kappa shape index (κ3) is 2.26. The van der Waals surface area contributed by atoms with Crippen LogP contribution in [0, 0.1) is 0 Å². The van der Waals surface area contributed by atoms with Crippen LogP contribution in [0.1, 0.15) is 25.0 Å². The fourth-order valence-electron chi connectivity index (χ4n) is 1.93. The third-order valence-electron chi connectivity index (χ3n) is 3.20. The quantitative estimate of drug-likeness (QED) is 0.790. The van der Waals surface area contributed by atoms with Gasteiger partial charge in [0.1, 0.15) is 5.75 Å². The van der Waals surface area contributed by atoms with E-state index in [2.05, 4.69) is 13.8 Å². The first-order chi connectivity index (χ1) is 8.00. The van der Waals surface area contributed by atoms with E-state index in [1.807, 2.05) is 24.3 Å². The van der Waals surface area contributed by atoms with Crippen LogP contribution < -0.4 is 0 Å². The van der Waals surface area contributed by atoms with E-state index >= 15 is 0 Å². The zero-order chi connectivity index (χ0) is 12.5. The van der Waals surface area contributed by atoms with E-state index in [4.69, 9.17) is 5.11 Å². The number of rotatable bonds is 2. The SMILES string of the molecule is CC(C)(c1ccc(O)cc1)c1ccc([OH2+])cc1. The standard InChI is InChI=1S/C15H16O2/c1-15(2,11-3-7-13(16)8-4-11)12-5-9-14(17)10-6-12/h3-10,16-17H,1-2H3/p+1. The summed E-state index contributed by atoms with van der Waals surface area (Å²) < 4.78 is 0. The summed E-state index contributed by atoms with van der Waals surface area (Å²) in [5.74, 6) is 0.807. The summed E-state index contributed by atoms with van der Waals surface area (Å²) in [6.45, 7) is 4.27. The second-order valence-electron chi connectivity index (χ2n) is 4.75. The number of hydrogen-bond donors (Lipinski definition) is 1. The lowest BCUT2D eigenvalue weighted by Crippen LogP contribution is -2.18. The molecule has 3 N–H and O–H groups in total. The first kappa shape index (κ1) is 11.5. The van der Waals surface area contributed by atoms with E-state index < -0.39 is 0 Å². The zero-order valence-electron chi connectivity index (χ0n) is 10.1. The fraction of sp³-hybridized carbons (Fsp3) is 0.200. The number of phenolic OH excluding ortho intramolecular Hbond substituents is 1. The molecule has 2 nitrogen and oxygen atoms in total. The molecule has 0 unspecified atom stereocenters. The zero-order valence-corrected chi connectivity index (χ0v) is 10.1. The monoisotopic (exact) mass is 229 g/mol. The van der Waals surface area contributed by atoms with Crippen molar-refractivity contribution in [1.29, 1.82) is 0 Å². The molecule has 0 radical (unpaired) electrons. The Kier molecular flexibility index (Phi) is 2.80. The highest BCUT2D eigenvalue weighted by atomic mass is 16.3. The van der Waals surface area contributed by atoms with Gasteiger partial charge >= 0.3 is 0 Å². The van der Waals surface area contributed by atoms with Crippen LogP contribution in [0.2, 0.25) is 0 Å². The van der Waals surface area contributed by atoms with E-state index in [-0.39, 0.29) is 11.2 Å². The van der Waals surface area contributed by atoms with Gasteiger partial charge in [0, 0.05) is 17.5 Å². The highest BCUT2D eigenvalue weighted by molar-refractivity contribution is 5.41. The summed E-state index contributed by atoms with van der Waals surface area (Å²) in [4.78, 5) is 0. The van der Waals surface area contributed by atoms with Crippen molar-refractivity contribution in [3.05, 3.63) is 59.7 Å². The number of phenols is 1. The Bertz CT molecular complexity index is 448. The lowest BCUT2D eigenvalue weighted by atomic mass is 9.78. The van der Waals surface area contributed by atoms with Crippen LogP contribution in [0.5, 0.6) is 11.5 Å². The van der Waals surface area contributed by atoms with Crippen LogP contribution >= 0.6 is 0 Å². The molecule has 2 heteroatoms. The van der Waals surface area contributed by atoms with Crippen molar-refractivity contribution in [2.45, 2.75) is 19.3 Å². The molecular formula is C15H17O2+. The Balaban J connectivity index is 2.41. The minimum absolute atomic E-state index is 0.124. The van der Waals surface area contributed by atoms with Gasteiger partial charge in [-0.3, -0.25) is 0 Å². The second kappa shape index (κ2) is 4.13. The van der Waals surface area contributed by atoms with Gasteiger partial charge < -0.3 is 10.2 Å². The molecule has 0 aliphatic rings. The minimum atomic E-state index is -0.124. The fourth-order valence-corrected chi connectivity index (χ4v) is 1.93. The Hall–Kier alpha value is -1.96. The van der Waals surface area contributed by atoms with Gasteiger partial charge in [-0.05, 0) is 35.4 Å². The average Bonchev–Trinajstić information content (AvgIpc) is 2.30. The van der Waals surface area contributed by atoms with Crippen LogP contribution in [0.3, 0.4) is 0 Å². The predicted octanol–water partition coefficient (Wildman–Crippen LogP) is 3.16. The molecule has 88 valence electrons. The highest BCUT2D eigenvalue weighted by Gasteiger charge is 2.23. The van der Waals surface area contributed by atoms with Crippen LogP contribution in [-0.4, -0.2) is 10.2 Å². The van der Waals surface area contributed by atoms with Gasteiger partial charge in [-0.1, -0.05) is 26.0 Å². The Morgan fingerprint density at radius 1 is 0.824 bits per heavy atom. The maximum Gasteiger partial charge on any atom is 0.253 e. The van der Waals surface area contributed by atoms with Crippen LogP contribution in [0.25, 0.3) is 0 Å². The van der Waals surface area contributed by atoms with Crippen molar-refractivity contribution < 1.29 is 10.2 Å². The van der Waals surface area contributed by atoms with Crippen molar-refractivity contribution >= 4 is 0 Å². The molecule has 2 rings (SSSR count). The van der Waals surface area contributed by atoms with Gasteiger partial charge in [-0.15, -0.1) is 0 Å². The summed E-state index contributed by atoms with van der Waals surface area (Å²) in [6.07, 6.45) is 0. The molecule has 0 amide bonds. The maximum atomic E-state index is 9.30. The Morgan fingerprint density at radius 3 is 1.71 bits per heavy atom. The summed E-state index contributed by atoms with van der Waals surface area (Å²) >= 11 is 0. The van der Waals surface area contributed by atoms with Crippen LogP contribution in [0.4, 0.5) is 0 Å². The van der Waals surface area contributed by atoms with Crippen molar-refractivity contribution in [2.24, 2.45) is 0 Å². The highest BCUT2D eigenvalue weighted by Crippen LogP contribution is 2.32. The molecule has 0 fully saturated rings. The largest absolute Gasteiger partial charge is 0.593 e. The molecular weight excluding hydrogens is 212 g/mol. The van der Waals surface area contributed by atoms with Gasteiger partial charge in [0.25, 0.3) is 5.75 Å². The van der Waals surface area contributed by atoms with Crippen LogP contribution in [0.15, 0.2) is 48.5 Å². The molecule has 17 heavy (non-hydrogen) atoms. The van der Waals surface area contributed by atoms with E-state index in [1.54, 1.807) is 24.3 Å². The Morgan fingerprint density at radius 2 is 1.24 bits per heavy atom. The van der Waals surface area contributed by atoms with Gasteiger partial charge in [0.05, 0.1) is 0 Å². The van der Waals surface area contributed by atoms with E-state index in [0.29, 0.717) is 5.75 Å². The first-order valence-corrected chi connectivity index (χ1v) is 5.62. The molecule has 0 saturated carbocycles. The average molecular weight is 229 g/mol. The summed E-state index contributed by atoms with van der Waals surface area (Å²) in [7, 11) is 0. The topological polar surface area (TPSA) is 43.1 Å². The predicted molar refractivity (Wildman–Crippen MR) is 69.7 cm³/mol. The number of benzene rings is 2. The smallest absolute Gasteiger partial charge is 0.253 e. The molecule has 0 aromatic heterocycles. The summed E-state index contributed by atoms with van der Waals surface area (Å²) in [6, 6.07) is 14.8. The molecule has 0 aliphatic heterocycles. The van der Waals surface area contributed by atoms with E-state index in [9.17, 15) is 5.11 Å². The lowest BCUT2D eigenvalue weighted by molar-refractivity contribution is 0.474. The third-order valence-corrected chi connectivity index (χ3v) is 3.20. The van der Waals surface area contributed by atoms with Crippen molar-refractivity contribution in [2.75, 3.05) is 0 Å². The summed E-state index contributed by atoms with van der Waals surface area (Å²) in [5.41, 5.74) is 2.19. The van der Waals surface area contributed by atoms with Crippen molar-refractivity contribution in [3.8, 4) is 11.5 Å². The van der Waals surface area contributed by atoms with E-state index in [0.717, 1.165) is 5.56 Å². The van der Waals surface area contributed by atoms with Crippen LogP contribution in [-0.2, 0) is 5.41 Å². The molecule has 2 aromatic carbocycles. The normalized spacial score (nSPS) is 11.4.